The third-order valence-electron chi connectivity index (χ3n) is 4.46. The number of halogens is 2. The van der Waals surface area contributed by atoms with Crippen LogP contribution in [0.15, 0.2) is 18.2 Å². The van der Waals surface area contributed by atoms with Crippen LogP contribution in [0, 0.1) is 17.6 Å². The normalized spacial score (nSPS) is 25.0. The molecule has 2 fully saturated rings. The largest absolute Gasteiger partial charge is 0.381 e. The number of Topliss-reactive ketones (excluding diaryl/α,β-unsaturated/α-hetero) is 1. The van der Waals surface area contributed by atoms with E-state index in [0.717, 1.165) is 25.0 Å². The van der Waals surface area contributed by atoms with Crippen LogP contribution in [0.25, 0.3) is 0 Å². The molecule has 0 N–H and O–H groups in total. The third kappa shape index (κ3) is 2.99. The Morgan fingerprint density at radius 3 is 2.67 bits per heavy atom. The lowest BCUT2D eigenvalue weighted by Crippen LogP contribution is -2.46. The Bertz CT molecular complexity index is 533. The van der Waals surface area contributed by atoms with Crippen LogP contribution in [0.4, 0.5) is 8.78 Å². The fourth-order valence-electron chi connectivity index (χ4n) is 3.25. The Morgan fingerprint density at radius 1 is 1.19 bits per heavy atom. The van der Waals surface area contributed by atoms with Crippen molar-refractivity contribution in [3.63, 3.8) is 0 Å². The zero-order valence-corrected chi connectivity index (χ0v) is 11.7. The maximum Gasteiger partial charge on any atom is 0.169 e. The molecule has 0 saturated carbocycles. The van der Waals surface area contributed by atoms with Crippen LogP contribution in [-0.2, 0) is 9.47 Å². The van der Waals surface area contributed by atoms with Crippen LogP contribution in [0.2, 0.25) is 0 Å². The SMILES string of the molecule is O=C(c1ccc(F)cc1F)C1CCOC2(CCOCC2)C1. The first-order valence-electron chi connectivity index (χ1n) is 7.31. The molecule has 21 heavy (non-hydrogen) atoms. The van der Waals surface area contributed by atoms with Crippen LogP contribution >= 0.6 is 0 Å². The molecule has 1 atom stereocenters. The van der Waals surface area contributed by atoms with Crippen molar-refractivity contribution < 1.29 is 23.0 Å². The topological polar surface area (TPSA) is 35.5 Å². The molecule has 3 nitrogen and oxygen atoms in total. The summed E-state index contributed by atoms with van der Waals surface area (Å²) in [5.74, 6) is -1.97. The summed E-state index contributed by atoms with van der Waals surface area (Å²) < 4.78 is 38.0. The van der Waals surface area contributed by atoms with Crippen molar-refractivity contribution in [2.75, 3.05) is 19.8 Å². The molecule has 0 aliphatic carbocycles. The number of carbonyl (C=O) groups is 1. The van der Waals surface area contributed by atoms with Crippen LogP contribution in [0.1, 0.15) is 36.0 Å². The molecule has 1 spiro atoms. The maximum atomic E-state index is 13.8. The van der Waals surface area contributed by atoms with Crippen LogP contribution in [0.5, 0.6) is 0 Å². The number of ketones is 1. The van der Waals surface area contributed by atoms with E-state index >= 15 is 0 Å². The van der Waals surface area contributed by atoms with Crippen molar-refractivity contribution in [2.24, 2.45) is 5.92 Å². The average Bonchev–Trinajstić information content (AvgIpc) is 2.47. The van der Waals surface area contributed by atoms with Gasteiger partial charge in [-0.25, -0.2) is 8.78 Å². The minimum absolute atomic E-state index is 0.0227. The molecule has 2 heterocycles. The van der Waals surface area contributed by atoms with Crippen molar-refractivity contribution in [1.82, 2.24) is 0 Å². The van der Waals surface area contributed by atoms with Gasteiger partial charge in [0, 0.05) is 31.8 Å². The van der Waals surface area contributed by atoms with Gasteiger partial charge in [0.2, 0.25) is 0 Å². The summed E-state index contributed by atoms with van der Waals surface area (Å²) in [6.45, 7) is 1.76. The molecule has 114 valence electrons. The molecule has 2 saturated heterocycles. The van der Waals surface area contributed by atoms with Crippen LogP contribution < -0.4 is 0 Å². The average molecular weight is 296 g/mol. The second-order valence-electron chi connectivity index (χ2n) is 5.82. The zero-order chi connectivity index (χ0) is 14.9. The summed E-state index contributed by atoms with van der Waals surface area (Å²) in [7, 11) is 0. The smallest absolute Gasteiger partial charge is 0.169 e. The standard InChI is InChI=1S/C16H18F2O3/c17-12-1-2-13(14(18)9-12)15(19)11-3-6-21-16(10-11)4-7-20-8-5-16/h1-2,9,11H,3-8,10H2. The monoisotopic (exact) mass is 296 g/mol. The Hall–Kier alpha value is -1.33. The first-order valence-corrected chi connectivity index (χ1v) is 7.31. The molecule has 5 heteroatoms. The predicted octanol–water partition coefficient (Wildman–Crippen LogP) is 3.12. The highest BCUT2D eigenvalue weighted by atomic mass is 19.1. The Labute approximate surface area is 122 Å². The lowest BCUT2D eigenvalue weighted by Gasteiger charge is -2.42. The molecule has 0 aromatic heterocycles. The maximum absolute atomic E-state index is 13.8. The highest BCUT2D eigenvalue weighted by molar-refractivity contribution is 5.98. The number of carbonyl (C=O) groups excluding carboxylic acids is 1. The van der Waals surface area contributed by atoms with Crippen molar-refractivity contribution >= 4 is 5.78 Å². The molecule has 2 aliphatic heterocycles. The van der Waals surface area contributed by atoms with E-state index in [1.807, 2.05) is 0 Å². The number of ether oxygens (including phenoxy) is 2. The Balaban J connectivity index is 1.77. The fourth-order valence-corrected chi connectivity index (χ4v) is 3.25. The van der Waals surface area contributed by atoms with Gasteiger partial charge in [-0.1, -0.05) is 0 Å². The van der Waals surface area contributed by atoms with E-state index in [1.54, 1.807) is 0 Å². The van der Waals surface area contributed by atoms with Gasteiger partial charge in [-0.3, -0.25) is 4.79 Å². The second kappa shape index (κ2) is 5.81. The summed E-state index contributed by atoms with van der Waals surface area (Å²) in [4.78, 5) is 12.5. The van der Waals surface area contributed by atoms with Crippen molar-refractivity contribution in [1.29, 1.82) is 0 Å². The van der Waals surface area contributed by atoms with Gasteiger partial charge in [0.15, 0.2) is 5.78 Å². The number of hydrogen-bond acceptors (Lipinski definition) is 3. The van der Waals surface area contributed by atoms with Crippen LogP contribution in [0.3, 0.4) is 0 Å². The zero-order valence-electron chi connectivity index (χ0n) is 11.7. The van der Waals surface area contributed by atoms with Crippen molar-refractivity contribution in [3.8, 4) is 0 Å². The predicted molar refractivity (Wildman–Crippen MR) is 72.1 cm³/mol. The number of hydrogen-bond donors (Lipinski definition) is 0. The first kappa shape index (κ1) is 14.6. The van der Waals surface area contributed by atoms with Gasteiger partial charge in [0.25, 0.3) is 0 Å². The summed E-state index contributed by atoms with van der Waals surface area (Å²) in [5, 5.41) is 0. The molecule has 0 bridgehead atoms. The van der Waals surface area contributed by atoms with E-state index in [4.69, 9.17) is 9.47 Å². The second-order valence-corrected chi connectivity index (χ2v) is 5.82. The highest BCUT2D eigenvalue weighted by Gasteiger charge is 2.41. The van der Waals surface area contributed by atoms with Gasteiger partial charge in [-0.2, -0.15) is 0 Å². The Kier molecular flexibility index (Phi) is 4.04. The summed E-state index contributed by atoms with van der Waals surface area (Å²) >= 11 is 0. The molecule has 1 aromatic rings. The molecule has 1 aromatic carbocycles. The third-order valence-corrected chi connectivity index (χ3v) is 4.46. The lowest BCUT2D eigenvalue weighted by atomic mass is 9.78. The van der Waals surface area contributed by atoms with E-state index in [-0.39, 0.29) is 22.9 Å². The quantitative estimate of drug-likeness (QED) is 0.787. The minimum Gasteiger partial charge on any atom is -0.381 e. The van der Waals surface area contributed by atoms with Crippen LogP contribution in [-0.4, -0.2) is 31.2 Å². The number of rotatable bonds is 2. The highest BCUT2D eigenvalue weighted by Crippen LogP contribution is 2.38. The first-order chi connectivity index (χ1) is 10.1. The molecular weight excluding hydrogens is 278 g/mol. The van der Waals surface area contributed by atoms with Gasteiger partial charge in [-0.15, -0.1) is 0 Å². The van der Waals surface area contributed by atoms with Crippen molar-refractivity contribution in [3.05, 3.63) is 35.4 Å². The summed E-state index contributed by atoms with van der Waals surface area (Å²) in [5.41, 5.74) is -0.335. The molecule has 0 radical (unpaired) electrons. The number of benzene rings is 1. The molecule has 2 aliphatic rings. The lowest BCUT2D eigenvalue weighted by molar-refractivity contribution is -0.142. The molecule has 3 rings (SSSR count). The fraction of sp³-hybridized carbons (Fsp3) is 0.562. The van der Waals surface area contributed by atoms with E-state index in [0.29, 0.717) is 32.7 Å². The van der Waals surface area contributed by atoms with Gasteiger partial charge >= 0.3 is 0 Å². The summed E-state index contributed by atoms with van der Waals surface area (Å²) in [6.07, 6.45) is 2.70. The van der Waals surface area contributed by atoms with E-state index in [9.17, 15) is 13.6 Å². The Morgan fingerprint density at radius 2 is 1.95 bits per heavy atom. The molecular formula is C16H18F2O3. The van der Waals surface area contributed by atoms with E-state index in [2.05, 4.69) is 0 Å². The minimum atomic E-state index is -0.785. The van der Waals surface area contributed by atoms with E-state index < -0.39 is 11.6 Å². The van der Waals surface area contributed by atoms with Gasteiger partial charge in [-0.05, 0) is 37.8 Å². The molecule has 1 unspecified atom stereocenters. The van der Waals surface area contributed by atoms with Gasteiger partial charge in [0.1, 0.15) is 11.6 Å². The van der Waals surface area contributed by atoms with Gasteiger partial charge < -0.3 is 9.47 Å². The van der Waals surface area contributed by atoms with Crippen molar-refractivity contribution in [2.45, 2.75) is 31.3 Å². The van der Waals surface area contributed by atoms with E-state index in [1.165, 1.54) is 6.07 Å². The molecule has 0 amide bonds. The van der Waals surface area contributed by atoms with Gasteiger partial charge in [0.05, 0.1) is 11.2 Å². The summed E-state index contributed by atoms with van der Waals surface area (Å²) in [6, 6.07) is 3.12.